The van der Waals surface area contributed by atoms with Gasteiger partial charge in [0, 0.05) is 25.1 Å². The van der Waals surface area contributed by atoms with Gasteiger partial charge in [0.25, 0.3) is 0 Å². The van der Waals surface area contributed by atoms with Crippen molar-refractivity contribution in [3.05, 3.63) is 22.3 Å². The van der Waals surface area contributed by atoms with E-state index in [0.717, 1.165) is 6.42 Å². The summed E-state index contributed by atoms with van der Waals surface area (Å²) in [5, 5.41) is 0. The molecule has 0 aromatic heterocycles. The van der Waals surface area contributed by atoms with Crippen LogP contribution in [0.15, 0.2) is 22.3 Å². The van der Waals surface area contributed by atoms with Crippen LogP contribution in [0, 0.1) is 5.92 Å². The van der Waals surface area contributed by atoms with Gasteiger partial charge in [-0.1, -0.05) is 22.0 Å². The van der Waals surface area contributed by atoms with E-state index in [1.807, 2.05) is 19.2 Å². The Labute approximate surface area is 80.1 Å². The van der Waals surface area contributed by atoms with Crippen LogP contribution in [-0.4, -0.2) is 17.9 Å². The second kappa shape index (κ2) is 2.73. The maximum Gasteiger partial charge on any atom is 0.227 e. The minimum atomic E-state index is 0.238. The third-order valence-electron chi connectivity index (χ3n) is 2.48. The van der Waals surface area contributed by atoms with E-state index in [-0.39, 0.29) is 5.91 Å². The van der Waals surface area contributed by atoms with E-state index in [9.17, 15) is 4.79 Å². The van der Waals surface area contributed by atoms with Gasteiger partial charge in [-0.05, 0) is 17.0 Å². The molecule has 2 nitrogen and oxygen atoms in total. The normalized spacial score (nSPS) is 28.3. The average molecular weight is 228 g/mol. The lowest BCUT2D eigenvalue weighted by molar-refractivity contribution is -0.125. The number of nitrogens with zero attached hydrogens (tertiary/aromatic N) is 1. The highest BCUT2D eigenvalue weighted by molar-refractivity contribution is 9.11. The molecular formula is C9H10BrNO. The number of fused-ring (bicyclic) bond motifs is 1. The van der Waals surface area contributed by atoms with E-state index >= 15 is 0 Å². The van der Waals surface area contributed by atoms with Crippen LogP contribution in [0.25, 0.3) is 0 Å². The fourth-order valence-electron chi connectivity index (χ4n) is 1.77. The molecule has 1 aliphatic heterocycles. The van der Waals surface area contributed by atoms with Crippen molar-refractivity contribution in [2.75, 3.05) is 7.05 Å². The maximum atomic E-state index is 11.3. The molecule has 1 atom stereocenters. The van der Waals surface area contributed by atoms with Crippen molar-refractivity contribution in [1.29, 1.82) is 0 Å². The van der Waals surface area contributed by atoms with Crippen LogP contribution in [0.2, 0.25) is 0 Å². The van der Waals surface area contributed by atoms with Crippen molar-refractivity contribution in [3.8, 4) is 0 Å². The first-order valence-electron chi connectivity index (χ1n) is 4.01. The highest BCUT2D eigenvalue weighted by atomic mass is 79.9. The van der Waals surface area contributed by atoms with Crippen LogP contribution in [0.3, 0.4) is 0 Å². The first kappa shape index (κ1) is 8.05. The van der Waals surface area contributed by atoms with Crippen molar-refractivity contribution in [3.63, 3.8) is 0 Å². The Morgan fingerprint density at radius 1 is 1.50 bits per heavy atom. The summed E-state index contributed by atoms with van der Waals surface area (Å²) < 4.78 is 1.19. The monoisotopic (exact) mass is 227 g/mol. The molecule has 1 fully saturated rings. The van der Waals surface area contributed by atoms with Gasteiger partial charge in [-0.15, -0.1) is 0 Å². The van der Waals surface area contributed by atoms with Crippen LogP contribution in [0.4, 0.5) is 0 Å². The summed E-state index contributed by atoms with van der Waals surface area (Å²) in [6.45, 7) is 0. The topological polar surface area (TPSA) is 20.3 Å². The molecule has 0 saturated carbocycles. The standard InChI is InChI=1S/C9H10BrNO/c1-11-8-3-2-7(10)4-6(8)5-9(11)12/h2-3,6H,4-5H2,1H3. The Kier molecular flexibility index (Phi) is 1.83. The number of halogens is 1. The molecular weight excluding hydrogens is 218 g/mol. The van der Waals surface area contributed by atoms with Gasteiger partial charge in [-0.25, -0.2) is 0 Å². The highest BCUT2D eigenvalue weighted by Crippen LogP contribution is 2.37. The molecule has 0 radical (unpaired) electrons. The largest absolute Gasteiger partial charge is 0.319 e. The lowest BCUT2D eigenvalue weighted by Gasteiger charge is -2.18. The number of hydrogen-bond donors (Lipinski definition) is 0. The number of carbonyl (C=O) groups excluding carboxylic acids is 1. The zero-order valence-electron chi connectivity index (χ0n) is 6.88. The summed E-state index contributed by atoms with van der Waals surface area (Å²) in [4.78, 5) is 13.1. The van der Waals surface area contributed by atoms with Gasteiger partial charge in [0.1, 0.15) is 0 Å². The summed E-state index contributed by atoms with van der Waals surface area (Å²) in [6, 6.07) is 0. The minimum absolute atomic E-state index is 0.238. The molecule has 1 unspecified atom stereocenters. The fourth-order valence-corrected chi connectivity index (χ4v) is 2.30. The van der Waals surface area contributed by atoms with Gasteiger partial charge in [0.05, 0.1) is 0 Å². The van der Waals surface area contributed by atoms with E-state index in [1.54, 1.807) is 4.90 Å². The Morgan fingerprint density at radius 2 is 2.25 bits per heavy atom. The number of amides is 1. The van der Waals surface area contributed by atoms with Gasteiger partial charge >= 0.3 is 0 Å². The fraction of sp³-hybridized carbons (Fsp3) is 0.444. The molecule has 1 heterocycles. The van der Waals surface area contributed by atoms with E-state index in [2.05, 4.69) is 15.9 Å². The molecule has 64 valence electrons. The highest BCUT2D eigenvalue weighted by Gasteiger charge is 2.33. The number of hydrogen-bond acceptors (Lipinski definition) is 1. The summed E-state index contributed by atoms with van der Waals surface area (Å²) in [7, 11) is 1.85. The van der Waals surface area contributed by atoms with Crippen molar-refractivity contribution in [2.24, 2.45) is 5.92 Å². The predicted molar refractivity (Wildman–Crippen MR) is 50.6 cm³/mol. The number of carbonyl (C=O) groups is 1. The second-order valence-corrected chi connectivity index (χ2v) is 4.28. The molecule has 3 heteroatoms. The minimum Gasteiger partial charge on any atom is -0.319 e. The number of rotatable bonds is 0. The van der Waals surface area contributed by atoms with Crippen LogP contribution in [0.5, 0.6) is 0 Å². The molecule has 0 N–H and O–H groups in total. The Hall–Kier alpha value is -0.570. The molecule has 0 aromatic carbocycles. The smallest absolute Gasteiger partial charge is 0.227 e. The average Bonchev–Trinajstić information content (AvgIpc) is 2.28. The van der Waals surface area contributed by atoms with Gasteiger partial charge < -0.3 is 4.90 Å². The molecule has 0 aromatic rings. The summed E-state index contributed by atoms with van der Waals surface area (Å²) >= 11 is 3.45. The summed E-state index contributed by atoms with van der Waals surface area (Å²) in [5.74, 6) is 0.656. The second-order valence-electron chi connectivity index (χ2n) is 3.26. The van der Waals surface area contributed by atoms with Gasteiger partial charge in [0.2, 0.25) is 5.91 Å². The number of allylic oxidation sites excluding steroid dienone is 4. The third-order valence-corrected chi connectivity index (χ3v) is 3.07. The zero-order chi connectivity index (χ0) is 8.72. The van der Waals surface area contributed by atoms with Crippen molar-refractivity contribution in [1.82, 2.24) is 4.90 Å². The van der Waals surface area contributed by atoms with Crippen LogP contribution < -0.4 is 0 Å². The van der Waals surface area contributed by atoms with Crippen molar-refractivity contribution < 1.29 is 4.79 Å². The molecule has 1 amide bonds. The Bertz CT molecular complexity index is 291. The SMILES string of the molecule is CN1C(=O)CC2CC(Br)=CC=C21. The van der Waals surface area contributed by atoms with Crippen molar-refractivity contribution >= 4 is 21.8 Å². The molecule has 1 aliphatic carbocycles. The lowest BCUT2D eigenvalue weighted by Crippen LogP contribution is -2.18. The van der Waals surface area contributed by atoms with Crippen molar-refractivity contribution in [2.45, 2.75) is 12.8 Å². The van der Waals surface area contributed by atoms with E-state index < -0.39 is 0 Å². The van der Waals surface area contributed by atoms with Crippen LogP contribution in [-0.2, 0) is 4.79 Å². The number of likely N-dealkylation sites (tertiary alicyclic amines) is 1. The Balaban J connectivity index is 2.31. The molecule has 2 rings (SSSR count). The quantitative estimate of drug-likeness (QED) is 0.621. The Morgan fingerprint density at radius 3 is 3.00 bits per heavy atom. The van der Waals surface area contributed by atoms with Gasteiger partial charge in [-0.3, -0.25) is 4.79 Å². The molecule has 0 spiro atoms. The first-order valence-corrected chi connectivity index (χ1v) is 4.80. The third kappa shape index (κ3) is 1.12. The van der Waals surface area contributed by atoms with E-state index in [1.165, 1.54) is 10.2 Å². The van der Waals surface area contributed by atoms with E-state index in [4.69, 9.17) is 0 Å². The first-order chi connectivity index (χ1) is 5.68. The van der Waals surface area contributed by atoms with Gasteiger partial charge in [-0.2, -0.15) is 0 Å². The molecule has 1 saturated heterocycles. The summed E-state index contributed by atoms with van der Waals surface area (Å²) in [5.41, 5.74) is 1.17. The zero-order valence-corrected chi connectivity index (χ0v) is 8.47. The lowest BCUT2D eigenvalue weighted by atomic mass is 9.97. The maximum absolute atomic E-state index is 11.3. The van der Waals surface area contributed by atoms with E-state index in [0.29, 0.717) is 12.3 Å². The van der Waals surface area contributed by atoms with Gasteiger partial charge in [0.15, 0.2) is 0 Å². The molecule has 0 bridgehead atoms. The predicted octanol–water partition coefficient (Wildman–Crippen LogP) is 2.03. The molecule has 12 heavy (non-hydrogen) atoms. The van der Waals surface area contributed by atoms with Crippen LogP contribution in [0.1, 0.15) is 12.8 Å². The molecule has 2 aliphatic rings. The van der Waals surface area contributed by atoms with Crippen LogP contribution >= 0.6 is 15.9 Å². The summed E-state index contributed by atoms with van der Waals surface area (Å²) in [6.07, 6.45) is 5.71.